The molecule has 1 aromatic carbocycles. The van der Waals surface area contributed by atoms with Crippen molar-refractivity contribution in [1.82, 2.24) is 4.57 Å². The highest BCUT2D eigenvalue weighted by Gasteiger charge is 2.08. The predicted molar refractivity (Wildman–Crippen MR) is 82.2 cm³/mol. The number of nitrogens with zero attached hydrogens (tertiary/aromatic N) is 1. The van der Waals surface area contributed by atoms with Gasteiger partial charge in [0.15, 0.2) is 0 Å². The molecule has 1 aromatic heterocycles. The van der Waals surface area contributed by atoms with Crippen LogP contribution in [0.4, 0.5) is 0 Å². The molecule has 0 saturated carbocycles. The Hall–Kier alpha value is -1.37. The second-order valence-electron chi connectivity index (χ2n) is 4.19. The molecule has 2 rings (SSSR count). The molecule has 0 fully saturated rings. The Labute approximate surface area is 124 Å². The number of ether oxygens (including phenoxy) is 1. The summed E-state index contributed by atoms with van der Waals surface area (Å²) in [5, 5.41) is 1.03. The Morgan fingerprint density at radius 1 is 1.37 bits per heavy atom. The van der Waals surface area contributed by atoms with Crippen LogP contribution in [-0.2, 0) is 16.1 Å². The summed E-state index contributed by atoms with van der Waals surface area (Å²) in [4.78, 5) is 23.3. The van der Waals surface area contributed by atoms with Crippen LogP contribution in [0.1, 0.15) is 12.8 Å². The normalized spacial score (nSPS) is 10.6. The summed E-state index contributed by atoms with van der Waals surface area (Å²) in [7, 11) is 1.37. The fourth-order valence-electron chi connectivity index (χ4n) is 2.00. The first-order valence-electron chi connectivity index (χ1n) is 5.98. The monoisotopic (exact) mass is 371 g/mol. The van der Waals surface area contributed by atoms with Gasteiger partial charge in [-0.1, -0.05) is 18.2 Å². The van der Waals surface area contributed by atoms with E-state index in [1.807, 2.05) is 52.9 Å². The fourth-order valence-corrected chi connectivity index (χ4v) is 2.62. The molecule has 0 aliphatic heterocycles. The van der Waals surface area contributed by atoms with Gasteiger partial charge >= 0.3 is 5.97 Å². The zero-order valence-corrected chi connectivity index (χ0v) is 12.7. The molecule has 0 saturated heterocycles. The third-order valence-corrected chi connectivity index (χ3v) is 3.72. The summed E-state index contributed by atoms with van der Waals surface area (Å²) in [6, 6.07) is 9.64. The van der Waals surface area contributed by atoms with E-state index in [2.05, 4.69) is 4.74 Å². The van der Waals surface area contributed by atoms with Crippen molar-refractivity contribution in [3.8, 4) is 0 Å². The lowest BCUT2D eigenvalue weighted by molar-refractivity contribution is -0.140. The highest BCUT2D eigenvalue weighted by molar-refractivity contribution is 14.1. The van der Waals surface area contributed by atoms with E-state index in [4.69, 9.17) is 0 Å². The van der Waals surface area contributed by atoms with Gasteiger partial charge < -0.3 is 9.30 Å². The summed E-state index contributed by atoms with van der Waals surface area (Å²) >= 11 is 2.05. The third kappa shape index (κ3) is 3.15. The molecule has 1 heterocycles. The Bertz CT molecular complexity index is 663. The molecule has 19 heavy (non-hydrogen) atoms. The highest BCUT2D eigenvalue weighted by atomic mass is 127. The first kappa shape index (κ1) is 14.0. The van der Waals surface area contributed by atoms with Gasteiger partial charge in [-0.15, -0.1) is 0 Å². The van der Waals surface area contributed by atoms with Crippen molar-refractivity contribution < 1.29 is 9.53 Å². The number of aryl methyl sites for hydroxylation is 1. The molecule has 100 valence electrons. The number of benzene rings is 1. The lowest BCUT2D eigenvalue weighted by atomic mass is 10.2. The molecule has 0 N–H and O–H groups in total. The number of aromatic nitrogens is 1. The van der Waals surface area contributed by atoms with Crippen LogP contribution in [0.2, 0.25) is 0 Å². The second kappa shape index (κ2) is 6.18. The number of carbonyl (C=O) groups is 1. The molecule has 0 radical (unpaired) electrons. The number of hydrogen-bond donors (Lipinski definition) is 0. The minimum atomic E-state index is -0.247. The molecule has 5 heteroatoms. The van der Waals surface area contributed by atoms with E-state index in [1.54, 1.807) is 4.57 Å². The van der Waals surface area contributed by atoms with Gasteiger partial charge in [-0.3, -0.25) is 9.59 Å². The number of fused-ring (bicyclic) bond motifs is 1. The molecule has 4 nitrogen and oxygen atoms in total. The predicted octanol–water partition coefficient (Wildman–Crippen LogP) is 2.56. The number of methoxy groups -OCH3 is 1. The number of carbonyl (C=O) groups excluding carboxylic acids is 1. The van der Waals surface area contributed by atoms with Crippen molar-refractivity contribution in [3.63, 3.8) is 0 Å². The average molecular weight is 371 g/mol. The van der Waals surface area contributed by atoms with E-state index in [9.17, 15) is 9.59 Å². The lowest BCUT2D eigenvalue weighted by Gasteiger charge is -2.10. The Kier molecular flexibility index (Phi) is 4.57. The first-order valence-corrected chi connectivity index (χ1v) is 7.06. The van der Waals surface area contributed by atoms with Crippen molar-refractivity contribution in [2.45, 2.75) is 19.4 Å². The van der Waals surface area contributed by atoms with Crippen LogP contribution in [0.15, 0.2) is 35.1 Å². The minimum Gasteiger partial charge on any atom is -0.469 e. The van der Waals surface area contributed by atoms with Crippen molar-refractivity contribution in [2.24, 2.45) is 0 Å². The molecular weight excluding hydrogens is 357 g/mol. The van der Waals surface area contributed by atoms with Crippen LogP contribution in [-0.4, -0.2) is 17.6 Å². The van der Waals surface area contributed by atoms with Crippen LogP contribution >= 0.6 is 22.6 Å². The van der Waals surface area contributed by atoms with Crippen LogP contribution in [0.3, 0.4) is 0 Å². The van der Waals surface area contributed by atoms with E-state index in [0.717, 1.165) is 10.9 Å². The van der Waals surface area contributed by atoms with Gasteiger partial charge in [0.05, 0.1) is 16.2 Å². The van der Waals surface area contributed by atoms with E-state index in [0.29, 0.717) is 23.0 Å². The number of pyridine rings is 1. The van der Waals surface area contributed by atoms with Crippen molar-refractivity contribution in [2.75, 3.05) is 7.11 Å². The molecule has 2 aromatic rings. The highest BCUT2D eigenvalue weighted by Crippen LogP contribution is 2.15. The number of esters is 1. The number of hydrogen-bond acceptors (Lipinski definition) is 3. The molecule has 0 atom stereocenters. The molecular formula is C14H14INO3. The molecule has 0 aliphatic rings. The summed E-state index contributed by atoms with van der Waals surface area (Å²) in [5.41, 5.74) is 0.891. The van der Waals surface area contributed by atoms with E-state index in [-0.39, 0.29) is 11.5 Å². The van der Waals surface area contributed by atoms with Gasteiger partial charge in [-0.05, 0) is 46.5 Å². The maximum absolute atomic E-state index is 12.2. The first-order chi connectivity index (χ1) is 9.13. The van der Waals surface area contributed by atoms with Crippen molar-refractivity contribution >= 4 is 39.5 Å². The maximum atomic E-state index is 12.2. The van der Waals surface area contributed by atoms with Crippen LogP contribution in [0, 0.1) is 3.57 Å². The van der Waals surface area contributed by atoms with Gasteiger partial charge in [0.25, 0.3) is 5.56 Å². The Balaban J connectivity index is 2.33. The van der Waals surface area contributed by atoms with Crippen LogP contribution in [0.5, 0.6) is 0 Å². The number of rotatable bonds is 4. The quantitative estimate of drug-likeness (QED) is 0.613. The van der Waals surface area contributed by atoms with Gasteiger partial charge in [-0.25, -0.2) is 0 Å². The molecule has 0 spiro atoms. The van der Waals surface area contributed by atoms with E-state index < -0.39 is 0 Å². The molecule has 0 aliphatic carbocycles. The van der Waals surface area contributed by atoms with Crippen molar-refractivity contribution in [1.29, 1.82) is 0 Å². The van der Waals surface area contributed by atoms with Gasteiger partial charge in [-0.2, -0.15) is 0 Å². The topological polar surface area (TPSA) is 48.3 Å². The summed E-state index contributed by atoms with van der Waals surface area (Å²) in [5.74, 6) is -0.247. The standard InChI is InChI=1S/C14H14INO3/c1-19-13(17)7-4-8-16-12-6-3-2-5-10(12)9-11(15)14(16)18/h2-3,5-6,9H,4,7-8H2,1H3. The molecule has 0 bridgehead atoms. The smallest absolute Gasteiger partial charge is 0.305 e. The van der Waals surface area contributed by atoms with Crippen LogP contribution in [0.25, 0.3) is 10.9 Å². The SMILES string of the molecule is COC(=O)CCCn1c(=O)c(I)cc2ccccc21. The maximum Gasteiger partial charge on any atom is 0.305 e. The Morgan fingerprint density at radius 2 is 2.11 bits per heavy atom. The summed E-state index contributed by atoms with van der Waals surface area (Å²) < 4.78 is 7.01. The number of para-hydroxylation sites is 1. The third-order valence-electron chi connectivity index (χ3n) is 2.95. The zero-order valence-electron chi connectivity index (χ0n) is 10.6. The van der Waals surface area contributed by atoms with E-state index >= 15 is 0 Å². The molecule has 0 amide bonds. The number of halogens is 1. The average Bonchev–Trinajstić information content (AvgIpc) is 2.42. The minimum absolute atomic E-state index is 0.0100. The largest absolute Gasteiger partial charge is 0.469 e. The van der Waals surface area contributed by atoms with Gasteiger partial charge in [0.2, 0.25) is 0 Å². The Morgan fingerprint density at radius 3 is 2.84 bits per heavy atom. The van der Waals surface area contributed by atoms with Crippen molar-refractivity contribution in [3.05, 3.63) is 44.3 Å². The van der Waals surface area contributed by atoms with E-state index in [1.165, 1.54) is 7.11 Å². The van der Waals surface area contributed by atoms with Crippen LogP contribution < -0.4 is 5.56 Å². The molecule has 0 unspecified atom stereocenters. The fraction of sp³-hybridized carbons (Fsp3) is 0.286. The summed E-state index contributed by atoms with van der Waals surface area (Å²) in [6.07, 6.45) is 0.916. The zero-order chi connectivity index (χ0) is 13.8. The summed E-state index contributed by atoms with van der Waals surface area (Å²) in [6.45, 7) is 0.519. The van der Waals surface area contributed by atoms with Gasteiger partial charge in [0, 0.05) is 13.0 Å². The van der Waals surface area contributed by atoms with Gasteiger partial charge in [0.1, 0.15) is 0 Å². The lowest BCUT2D eigenvalue weighted by Crippen LogP contribution is -2.23. The second-order valence-corrected chi connectivity index (χ2v) is 5.35.